The lowest BCUT2D eigenvalue weighted by Gasteiger charge is -1.98. The fourth-order valence-electron chi connectivity index (χ4n) is 1.03. The summed E-state index contributed by atoms with van der Waals surface area (Å²) < 4.78 is 0. The Kier molecular flexibility index (Phi) is 6.23. The largest absolute Gasteiger partial charge is 0.147 e. The number of benzene rings is 1. The van der Waals surface area contributed by atoms with Gasteiger partial charge in [0, 0.05) is 5.02 Å². The van der Waals surface area contributed by atoms with Crippen molar-refractivity contribution < 1.29 is 0 Å². The molecule has 0 aliphatic carbocycles. The van der Waals surface area contributed by atoms with Crippen molar-refractivity contribution >= 4 is 24.0 Å². The highest BCUT2D eigenvalue weighted by molar-refractivity contribution is 6.30. The summed E-state index contributed by atoms with van der Waals surface area (Å²) in [7, 11) is 0. The number of halogens is 2. The standard InChI is InChI=1S/C10H13Cl.ClH/c1-2-3-4-9-5-7-10(11)8-6-9;/h5-8H,2-4H2,1H3;1H. The van der Waals surface area contributed by atoms with Crippen LogP contribution in [0.4, 0.5) is 0 Å². The van der Waals surface area contributed by atoms with Crippen LogP contribution in [-0.2, 0) is 6.42 Å². The van der Waals surface area contributed by atoms with Gasteiger partial charge in [0.1, 0.15) is 0 Å². The van der Waals surface area contributed by atoms with E-state index in [1.807, 2.05) is 12.1 Å². The van der Waals surface area contributed by atoms with Crippen molar-refractivity contribution in [2.75, 3.05) is 0 Å². The normalized spacial score (nSPS) is 9.17. The molecule has 0 heterocycles. The molecule has 1 aromatic rings. The molecular weight excluding hydrogens is 191 g/mol. The second-order valence-corrected chi connectivity index (χ2v) is 3.17. The number of aryl methyl sites for hydroxylation is 1. The minimum atomic E-state index is 0. The topological polar surface area (TPSA) is 0 Å². The first-order chi connectivity index (χ1) is 5.33. The number of hydrogen-bond donors (Lipinski definition) is 0. The molecule has 0 saturated heterocycles. The summed E-state index contributed by atoms with van der Waals surface area (Å²) >= 11 is 5.75. The molecule has 1 aromatic carbocycles. The van der Waals surface area contributed by atoms with E-state index in [1.54, 1.807) is 0 Å². The van der Waals surface area contributed by atoms with Crippen LogP contribution < -0.4 is 0 Å². The molecule has 1 rings (SSSR count). The number of unbranched alkanes of at least 4 members (excludes halogenated alkanes) is 1. The Morgan fingerprint density at radius 1 is 1.17 bits per heavy atom. The highest BCUT2D eigenvalue weighted by Gasteiger charge is 1.90. The van der Waals surface area contributed by atoms with E-state index in [-0.39, 0.29) is 12.4 Å². The molecule has 0 bridgehead atoms. The molecule has 0 fully saturated rings. The summed E-state index contributed by atoms with van der Waals surface area (Å²) in [4.78, 5) is 0. The Bertz CT molecular complexity index is 204. The lowest BCUT2D eigenvalue weighted by atomic mass is 10.1. The van der Waals surface area contributed by atoms with Crippen molar-refractivity contribution in [3.8, 4) is 0 Å². The Morgan fingerprint density at radius 2 is 1.75 bits per heavy atom. The van der Waals surface area contributed by atoms with Gasteiger partial charge in [0.2, 0.25) is 0 Å². The molecule has 0 N–H and O–H groups in total. The van der Waals surface area contributed by atoms with Crippen molar-refractivity contribution in [1.82, 2.24) is 0 Å². The summed E-state index contributed by atoms with van der Waals surface area (Å²) in [5.74, 6) is 0. The summed E-state index contributed by atoms with van der Waals surface area (Å²) in [6.45, 7) is 2.20. The van der Waals surface area contributed by atoms with E-state index in [2.05, 4.69) is 19.1 Å². The Balaban J connectivity index is 0.00000121. The lowest BCUT2D eigenvalue weighted by molar-refractivity contribution is 0.795. The van der Waals surface area contributed by atoms with Crippen LogP contribution in [-0.4, -0.2) is 0 Å². The van der Waals surface area contributed by atoms with Crippen LogP contribution in [0.3, 0.4) is 0 Å². The molecule has 0 aliphatic heterocycles. The Hall–Kier alpha value is -0.200. The van der Waals surface area contributed by atoms with Gasteiger partial charge in [-0.2, -0.15) is 0 Å². The zero-order valence-corrected chi connectivity index (χ0v) is 8.79. The van der Waals surface area contributed by atoms with Crippen molar-refractivity contribution in [2.24, 2.45) is 0 Å². The Labute approximate surface area is 85.3 Å². The van der Waals surface area contributed by atoms with Gasteiger partial charge in [0.25, 0.3) is 0 Å². The maximum atomic E-state index is 5.75. The van der Waals surface area contributed by atoms with Crippen LogP contribution in [0, 0.1) is 0 Å². The van der Waals surface area contributed by atoms with E-state index in [0.29, 0.717) is 0 Å². The van der Waals surface area contributed by atoms with E-state index in [1.165, 1.54) is 24.8 Å². The predicted octanol–water partition coefficient (Wildman–Crippen LogP) is 4.10. The van der Waals surface area contributed by atoms with Crippen molar-refractivity contribution in [3.63, 3.8) is 0 Å². The molecule has 0 amide bonds. The fraction of sp³-hybridized carbons (Fsp3) is 0.400. The van der Waals surface area contributed by atoms with E-state index in [0.717, 1.165) is 5.02 Å². The summed E-state index contributed by atoms with van der Waals surface area (Å²) in [6.07, 6.45) is 3.69. The monoisotopic (exact) mass is 204 g/mol. The van der Waals surface area contributed by atoms with Crippen LogP contribution in [0.15, 0.2) is 24.3 Å². The summed E-state index contributed by atoms with van der Waals surface area (Å²) in [6, 6.07) is 8.09. The van der Waals surface area contributed by atoms with Gasteiger partial charge in [0.05, 0.1) is 0 Å². The molecule has 0 nitrogen and oxygen atoms in total. The van der Waals surface area contributed by atoms with Crippen LogP contribution in [0.5, 0.6) is 0 Å². The summed E-state index contributed by atoms with van der Waals surface area (Å²) in [5, 5.41) is 0.824. The van der Waals surface area contributed by atoms with Crippen LogP contribution in [0.25, 0.3) is 0 Å². The molecule has 0 spiro atoms. The minimum Gasteiger partial charge on any atom is -0.147 e. The molecule has 0 aliphatic rings. The summed E-state index contributed by atoms with van der Waals surface area (Å²) in [5.41, 5.74) is 1.39. The first kappa shape index (κ1) is 11.8. The minimum absolute atomic E-state index is 0. The highest BCUT2D eigenvalue weighted by Crippen LogP contribution is 2.11. The van der Waals surface area contributed by atoms with E-state index < -0.39 is 0 Å². The quantitative estimate of drug-likeness (QED) is 0.696. The third-order valence-corrected chi connectivity index (χ3v) is 1.98. The maximum Gasteiger partial charge on any atom is 0.0406 e. The van der Waals surface area contributed by atoms with E-state index in [9.17, 15) is 0 Å². The van der Waals surface area contributed by atoms with Crippen LogP contribution >= 0.6 is 24.0 Å². The van der Waals surface area contributed by atoms with Crippen molar-refractivity contribution in [1.29, 1.82) is 0 Å². The molecule has 68 valence electrons. The van der Waals surface area contributed by atoms with Gasteiger partial charge in [0.15, 0.2) is 0 Å². The van der Waals surface area contributed by atoms with Gasteiger partial charge >= 0.3 is 0 Å². The second-order valence-electron chi connectivity index (χ2n) is 2.73. The number of hydrogen-bond acceptors (Lipinski definition) is 0. The zero-order valence-electron chi connectivity index (χ0n) is 7.22. The first-order valence-electron chi connectivity index (χ1n) is 4.07. The molecule has 2 heteroatoms. The fourth-order valence-corrected chi connectivity index (χ4v) is 1.16. The molecule has 12 heavy (non-hydrogen) atoms. The van der Waals surface area contributed by atoms with Crippen molar-refractivity contribution in [2.45, 2.75) is 26.2 Å². The van der Waals surface area contributed by atoms with Gasteiger partial charge in [-0.05, 0) is 30.5 Å². The molecule has 0 unspecified atom stereocenters. The van der Waals surface area contributed by atoms with E-state index >= 15 is 0 Å². The van der Waals surface area contributed by atoms with Gasteiger partial charge in [-0.1, -0.05) is 37.1 Å². The molecule has 0 atom stereocenters. The van der Waals surface area contributed by atoms with E-state index in [4.69, 9.17) is 11.6 Å². The highest BCUT2D eigenvalue weighted by atomic mass is 35.5. The third-order valence-electron chi connectivity index (χ3n) is 1.73. The zero-order chi connectivity index (χ0) is 8.10. The van der Waals surface area contributed by atoms with Gasteiger partial charge in [-0.3, -0.25) is 0 Å². The van der Waals surface area contributed by atoms with Gasteiger partial charge in [-0.15, -0.1) is 12.4 Å². The molecular formula is C10H14Cl2. The second kappa shape index (κ2) is 6.33. The lowest BCUT2D eigenvalue weighted by Crippen LogP contribution is -1.82. The number of rotatable bonds is 3. The first-order valence-corrected chi connectivity index (χ1v) is 4.45. The SMILES string of the molecule is CCCCc1ccc(Cl)cc1.Cl. The van der Waals surface area contributed by atoms with Crippen LogP contribution in [0.2, 0.25) is 5.02 Å². The van der Waals surface area contributed by atoms with Crippen LogP contribution in [0.1, 0.15) is 25.3 Å². The van der Waals surface area contributed by atoms with Gasteiger partial charge in [-0.25, -0.2) is 0 Å². The average molecular weight is 205 g/mol. The smallest absolute Gasteiger partial charge is 0.0406 e. The van der Waals surface area contributed by atoms with Crippen molar-refractivity contribution in [3.05, 3.63) is 34.9 Å². The van der Waals surface area contributed by atoms with Gasteiger partial charge < -0.3 is 0 Å². The predicted molar refractivity (Wildman–Crippen MR) is 57.3 cm³/mol. The molecule has 0 saturated carbocycles. The Morgan fingerprint density at radius 3 is 2.25 bits per heavy atom. The average Bonchev–Trinajstić information content (AvgIpc) is 2.04. The third kappa shape index (κ3) is 3.99. The molecule has 0 radical (unpaired) electrons. The molecule has 0 aromatic heterocycles. The maximum absolute atomic E-state index is 5.75.